The summed E-state index contributed by atoms with van der Waals surface area (Å²) in [5.74, 6) is 0.557. The Labute approximate surface area is 141 Å². The Morgan fingerprint density at radius 1 is 1.29 bits per heavy atom. The Hall–Kier alpha value is -2.21. The van der Waals surface area contributed by atoms with Gasteiger partial charge >= 0.3 is 0 Å². The molecule has 0 unspecified atom stereocenters. The van der Waals surface area contributed by atoms with Gasteiger partial charge < -0.3 is 9.80 Å². The second-order valence-electron chi connectivity index (χ2n) is 6.68. The molecule has 1 aliphatic heterocycles. The first kappa shape index (κ1) is 16.6. The average Bonchev–Trinajstić information content (AvgIpc) is 3.02. The lowest BCUT2D eigenvalue weighted by Crippen LogP contribution is -2.37. The molecule has 24 heavy (non-hydrogen) atoms. The maximum atomic E-state index is 12.7. The highest BCUT2D eigenvalue weighted by molar-refractivity contribution is 5.81. The molecule has 1 aromatic carbocycles. The van der Waals surface area contributed by atoms with Gasteiger partial charge in [0.1, 0.15) is 6.54 Å². The predicted octanol–water partition coefficient (Wildman–Crippen LogP) is 1.20. The normalized spacial score (nSPS) is 20.9. The van der Waals surface area contributed by atoms with Gasteiger partial charge in [-0.3, -0.25) is 14.3 Å². The third-order valence-electron chi connectivity index (χ3n) is 4.99. The number of hydrogen-bond acceptors (Lipinski definition) is 4. The van der Waals surface area contributed by atoms with Crippen LogP contribution in [0, 0.1) is 5.92 Å². The van der Waals surface area contributed by atoms with E-state index in [2.05, 4.69) is 31.0 Å². The molecule has 1 aliphatic rings. The molecule has 6 nitrogen and oxygen atoms in total. The van der Waals surface area contributed by atoms with Crippen LogP contribution in [0.2, 0.25) is 0 Å². The van der Waals surface area contributed by atoms with Crippen molar-refractivity contribution < 1.29 is 4.79 Å². The summed E-state index contributed by atoms with van der Waals surface area (Å²) in [5, 5.41) is 4.75. The van der Waals surface area contributed by atoms with Crippen LogP contribution in [-0.2, 0) is 11.3 Å². The number of aromatic nitrogens is 2. The van der Waals surface area contributed by atoms with E-state index in [1.165, 1.54) is 6.20 Å². The highest BCUT2D eigenvalue weighted by Gasteiger charge is 2.35. The van der Waals surface area contributed by atoms with Crippen molar-refractivity contribution in [3.63, 3.8) is 0 Å². The maximum absolute atomic E-state index is 12.7. The first-order valence-corrected chi connectivity index (χ1v) is 8.40. The number of carbonyl (C=O) groups is 1. The molecule has 128 valence electrons. The molecule has 2 heterocycles. The highest BCUT2D eigenvalue weighted by Crippen LogP contribution is 2.23. The first-order chi connectivity index (χ1) is 11.5. The van der Waals surface area contributed by atoms with E-state index in [1.54, 1.807) is 10.7 Å². The molecular formula is C18H24N4O2. The second kappa shape index (κ2) is 6.73. The topological polar surface area (TPSA) is 58.4 Å². The Balaban J connectivity index is 1.81. The molecule has 2 aromatic rings. The van der Waals surface area contributed by atoms with Crippen LogP contribution < -0.4 is 5.43 Å². The van der Waals surface area contributed by atoms with Gasteiger partial charge in [-0.2, -0.15) is 5.10 Å². The molecule has 6 heteroatoms. The standard InChI is InChI=1S/C18H24N4O2/c1-4-13-10-21(11-16(13)20(2)3)18(24)12-22-15-8-6-5-7-14(15)17(23)9-19-22/h5-9,13,16H,4,10-12H2,1-3H3/t13-,16-/m1/s1. The summed E-state index contributed by atoms with van der Waals surface area (Å²) in [6, 6.07) is 7.68. The number of amides is 1. The minimum absolute atomic E-state index is 0.0547. The van der Waals surface area contributed by atoms with Gasteiger partial charge in [-0.15, -0.1) is 0 Å². The molecule has 0 spiro atoms. The lowest BCUT2D eigenvalue weighted by Gasteiger charge is -2.23. The van der Waals surface area contributed by atoms with E-state index >= 15 is 0 Å². The number of para-hydroxylation sites is 1. The van der Waals surface area contributed by atoms with Gasteiger partial charge in [0.15, 0.2) is 0 Å². The lowest BCUT2D eigenvalue weighted by molar-refractivity contribution is -0.131. The van der Waals surface area contributed by atoms with E-state index < -0.39 is 0 Å². The molecule has 0 N–H and O–H groups in total. The minimum atomic E-state index is -0.116. The van der Waals surface area contributed by atoms with Crippen molar-refractivity contribution in [1.82, 2.24) is 19.6 Å². The predicted molar refractivity (Wildman–Crippen MR) is 93.8 cm³/mol. The number of likely N-dealkylation sites (N-methyl/N-ethyl adjacent to an activating group) is 1. The Morgan fingerprint density at radius 3 is 2.71 bits per heavy atom. The molecule has 1 amide bonds. The summed E-state index contributed by atoms with van der Waals surface area (Å²) in [6.45, 7) is 3.88. The SMILES string of the molecule is CC[C@@H]1CN(C(=O)Cn2ncc(=O)c3ccccc32)C[C@H]1N(C)C. The first-order valence-electron chi connectivity index (χ1n) is 8.40. The Bertz CT molecular complexity index is 799. The highest BCUT2D eigenvalue weighted by atomic mass is 16.2. The minimum Gasteiger partial charge on any atom is -0.339 e. The summed E-state index contributed by atoms with van der Waals surface area (Å²) in [7, 11) is 4.14. The van der Waals surface area contributed by atoms with Crippen LogP contribution in [0.4, 0.5) is 0 Å². The zero-order chi connectivity index (χ0) is 17.3. The molecule has 1 saturated heterocycles. The van der Waals surface area contributed by atoms with Crippen LogP contribution in [0.5, 0.6) is 0 Å². The fourth-order valence-electron chi connectivity index (χ4n) is 3.56. The van der Waals surface area contributed by atoms with Crippen molar-refractivity contribution in [1.29, 1.82) is 0 Å². The van der Waals surface area contributed by atoms with Gasteiger partial charge in [0, 0.05) is 24.5 Å². The van der Waals surface area contributed by atoms with Gasteiger partial charge in [-0.05, 0) is 32.1 Å². The molecule has 0 bridgehead atoms. The summed E-state index contributed by atoms with van der Waals surface area (Å²) >= 11 is 0. The van der Waals surface area contributed by atoms with E-state index in [1.807, 2.05) is 23.1 Å². The fourth-order valence-corrected chi connectivity index (χ4v) is 3.56. The fraction of sp³-hybridized carbons (Fsp3) is 0.500. The van der Waals surface area contributed by atoms with Crippen LogP contribution >= 0.6 is 0 Å². The third kappa shape index (κ3) is 3.06. The van der Waals surface area contributed by atoms with E-state index in [4.69, 9.17) is 0 Å². The molecule has 1 fully saturated rings. The number of hydrogen-bond donors (Lipinski definition) is 0. The van der Waals surface area contributed by atoms with Gasteiger partial charge in [-0.1, -0.05) is 25.5 Å². The molecule has 1 aromatic heterocycles. The van der Waals surface area contributed by atoms with E-state index in [0.29, 0.717) is 22.9 Å². The number of fused-ring (bicyclic) bond motifs is 1. The Morgan fingerprint density at radius 2 is 2.04 bits per heavy atom. The summed E-state index contributed by atoms with van der Waals surface area (Å²) in [5.41, 5.74) is 0.586. The monoisotopic (exact) mass is 328 g/mol. The largest absolute Gasteiger partial charge is 0.339 e. The van der Waals surface area contributed by atoms with Gasteiger partial charge in [0.05, 0.1) is 11.7 Å². The number of rotatable bonds is 4. The van der Waals surface area contributed by atoms with Crippen molar-refractivity contribution in [3.8, 4) is 0 Å². The molecule has 3 rings (SSSR count). The summed E-state index contributed by atoms with van der Waals surface area (Å²) < 4.78 is 1.63. The smallest absolute Gasteiger partial charge is 0.244 e. The molecule has 0 aliphatic carbocycles. The lowest BCUT2D eigenvalue weighted by atomic mass is 10.0. The maximum Gasteiger partial charge on any atom is 0.244 e. The van der Waals surface area contributed by atoms with Crippen molar-refractivity contribution in [2.45, 2.75) is 25.9 Å². The zero-order valence-electron chi connectivity index (χ0n) is 14.5. The second-order valence-corrected chi connectivity index (χ2v) is 6.68. The van der Waals surface area contributed by atoms with Gasteiger partial charge in [0.25, 0.3) is 0 Å². The van der Waals surface area contributed by atoms with Crippen molar-refractivity contribution in [3.05, 3.63) is 40.7 Å². The number of benzene rings is 1. The number of carbonyl (C=O) groups excluding carboxylic acids is 1. The van der Waals surface area contributed by atoms with E-state index in [9.17, 15) is 9.59 Å². The zero-order valence-corrected chi connectivity index (χ0v) is 14.5. The molecule has 2 atom stereocenters. The van der Waals surface area contributed by atoms with Crippen molar-refractivity contribution in [2.24, 2.45) is 5.92 Å². The summed E-state index contributed by atoms with van der Waals surface area (Å²) in [6.07, 6.45) is 2.35. The van der Waals surface area contributed by atoms with Crippen LogP contribution in [0.25, 0.3) is 10.9 Å². The number of nitrogens with zero attached hydrogens (tertiary/aromatic N) is 4. The molecule has 0 saturated carbocycles. The third-order valence-corrected chi connectivity index (χ3v) is 4.99. The Kier molecular flexibility index (Phi) is 4.66. The molecule has 0 radical (unpaired) electrons. The van der Waals surface area contributed by atoms with Crippen LogP contribution in [0.3, 0.4) is 0 Å². The van der Waals surface area contributed by atoms with Crippen molar-refractivity contribution >= 4 is 16.8 Å². The van der Waals surface area contributed by atoms with Gasteiger partial charge in [0.2, 0.25) is 11.3 Å². The van der Waals surface area contributed by atoms with Gasteiger partial charge in [-0.25, -0.2) is 0 Å². The van der Waals surface area contributed by atoms with Crippen LogP contribution in [0.15, 0.2) is 35.3 Å². The van der Waals surface area contributed by atoms with E-state index in [0.717, 1.165) is 19.5 Å². The van der Waals surface area contributed by atoms with Crippen LogP contribution in [0.1, 0.15) is 13.3 Å². The average molecular weight is 328 g/mol. The van der Waals surface area contributed by atoms with Crippen molar-refractivity contribution in [2.75, 3.05) is 27.2 Å². The molecular weight excluding hydrogens is 304 g/mol. The number of likely N-dealkylation sites (tertiary alicyclic amines) is 1. The van der Waals surface area contributed by atoms with Crippen LogP contribution in [-0.4, -0.2) is 58.7 Å². The quantitative estimate of drug-likeness (QED) is 0.846. The summed E-state index contributed by atoms with van der Waals surface area (Å²) in [4.78, 5) is 28.8. The van der Waals surface area contributed by atoms with E-state index in [-0.39, 0.29) is 17.9 Å².